The monoisotopic (exact) mass is 335 g/mol. The molecule has 0 spiro atoms. The predicted octanol–water partition coefficient (Wildman–Crippen LogP) is 3.32. The number of carbonyl (C=O) groups is 2. The van der Waals surface area contributed by atoms with Crippen LogP contribution in [0.4, 0.5) is 0 Å². The molecule has 0 radical (unpaired) electrons. The van der Waals surface area contributed by atoms with Crippen molar-refractivity contribution in [3.63, 3.8) is 0 Å². The molecule has 124 valence electrons. The van der Waals surface area contributed by atoms with Crippen molar-refractivity contribution in [1.82, 2.24) is 0 Å². The van der Waals surface area contributed by atoms with Gasteiger partial charge < -0.3 is 9.47 Å². The van der Waals surface area contributed by atoms with Crippen molar-refractivity contribution in [3.8, 4) is 0 Å². The highest BCUT2D eigenvalue weighted by Crippen LogP contribution is 2.41. The molecule has 2 heterocycles. The number of aliphatic imine (C=N–C) groups is 1. The molecule has 23 heavy (non-hydrogen) atoms. The van der Waals surface area contributed by atoms with Gasteiger partial charge >= 0.3 is 11.9 Å². The zero-order valence-electron chi connectivity index (χ0n) is 13.8. The van der Waals surface area contributed by atoms with E-state index in [0.717, 1.165) is 4.88 Å². The molecule has 0 amide bonds. The number of rotatable bonds is 5. The van der Waals surface area contributed by atoms with Gasteiger partial charge in [0.25, 0.3) is 0 Å². The van der Waals surface area contributed by atoms with Gasteiger partial charge in [-0.2, -0.15) is 0 Å². The van der Waals surface area contributed by atoms with Crippen LogP contribution in [-0.4, -0.2) is 30.9 Å². The average Bonchev–Trinajstić information content (AvgIpc) is 3.00. The third-order valence-corrected chi connectivity index (χ3v) is 4.67. The average molecular weight is 335 g/mol. The van der Waals surface area contributed by atoms with Gasteiger partial charge in [0, 0.05) is 22.2 Å². The Morgan fingerprint density at radius 3 is 2.48 bits per heavy atom. The summed E-state index contributed by atoms with van der Waals surface area (Å²) in [5.74, 6) is -1.79. The first kappa shape index (κ1) is 17.4. The quantitative estimate of drug-likeness (QED) is 0.774. The summed E-state index contributed by atoms with van der Waals surface area (Å²) in [6.07, 6.45) is 0. The molecule has 6 heteroatoms. The van der Waals surface area contributed by atoms with Crippen molar-refractivity contribution in [2.24, 2.45) is 10.9 Å². The van der Waals surface area contributed by atoms with Crippen molar-refractivity contribution in [2.75, 3.05) is 13.2 Å². The molecule has 0 saturated heterocycles. The number of thiophene rings is 1. The van der Waals surface area contributed by atoms with E-state index in [9.17, 15) is 9.59 Å². The van der Waals surface area contributed by atoms with Crippen LogP contribution in [0.3, 0.4) is 0 Å². The highest BCUT2D eigenvalue weighted by Gasteiger charge is 2.42. The topological polar surface area (TPSA) is 65.0 Å². The molecule has 1 aliphatic rings. The Morgan fingerprint density at radius 2 is 1.91 bits per heavy atom. The Balaban J connectivity index is 2.54. The van der Waals surface area contributed by atoms with Crippen LogP contribution in [0.1, 0.15) is 38.5 Å². The number of carbonyl (C=O) groups excluding carboxylic acids is 2. The molecule has 0 aromatic carbocycles. The van der Waals surface area contributed by atoms with Gasteiger partial charge in [-0.25, -0.2) is 4.79 Å². The number of nitrogens with zero attached hydrogens (tertiary/aromatic N) is 1. The molecule has 1 aromatic rings. The molecule has 1 aliphatic heterocycles. The van der Waals surface area contributed by atoms with Crippen LogP contribution >= 0.6 is 11.3 Å². The zero-order chi connectivity index (χ0) is 17.0. The number of allylic oxidation sites excluding steroid dienone is 1. The van der Waals surface area contributed by atoms with Crippen LogP contribution in [0.5, 0.6) is 0 Å². The van der Waals surface area contributed by atoms with Gasteiger partial charge in [0.1, 0.15) is 5.92 Å². The lowest BCUT2D eigenvalue weighted by atomic mass is 9.79. The summed E-state index contributed by atoms with van der Waals surface area (Å²) in [6.45, 7) is 7.66. The molecule has 5 nitrogen and oxygen atoms in total. The van der Waals surface area contributed by atoms with Crippen molar-refractivity contribution < 1.29 is 19.1 Å². The molecule has 2 atom stereocenters. The maximum absolute atomic E-state index is 12.5. The SMILES string of the molecule is CCOC(=O)C1=C(C)N=C(C)[C@H](C(=O)OCC)[C@@H]1c1cccs1. The Kier molecular flexibility index (Phi) is 5.71. The normalized spacial score (nSPS) is 21.0. The first-order valence-corrected chi connectivity index (χ1v) is 8.52. The summed E-state index contributed by atoms with van der Waals surface area (Å²) in [7, 11) is 0. The lowest BCUT2D eigenvalue weighted by molar-refractivity contribution is -0.146. The first-order chi connectivity index (χ1) is 11.0. The highest BCUT2D eigenvalue weighted by atomic mass is 32.1. The Bertz CT molecular complexity index is 646. The maximum Gasteiger partial charge on any atom is 0.336 e. The van der Waals surface area contributed by atoms with Crippen LogP contribution in [-0.2, 0) is 19.1 Å². The molecular formula is C17H21NO4S. The number of hydrogen-bond donors (Lipinski definition) is 0. The number of esters is 2. The summed E-state index contributed by atoms with van der Waals surface area (Å²) in [5, 5.41) is 1.93. The van der Waals surface area contributed by atoms with Gasteiger partial charge in [-0.15, -0.1) is 11.3 Å². The third-order valence-electron chi connectivity index (χ3n) is 3.71. The molecule has 0 aliphatic carbocycles. The van der Waals surface area contributed by atoms with Gasteiger partial charge in [0.15, 0.2) is 0 Å². The fourth-order valence-electron chi connectivity index (χ4n) is 2.82. The molecule has 0 N–H and O–H groups in total. The molecule has 0 bridgehead atoms. The number of hydrogen-bond acceptors (Lipinski definition) is 6. The van der Waals surface area contributed by atoms with E-state index in [-0.39, 0.29) is 19.2 Å². The highest BCUT2D eigenvalue weighted by molar-refractivity contribution is 7.10. The first-order valence-electron chi connectivity index (χ1n) is 7.64. The van der Waals surface area contributed by atoms with E-state index in [1.54, 1.807) is 27.7 Å². The van der Waals surface area contributed by atoms with Crippen molar-refractivity contribution in [3.05, 3.63) is 33.7 Å². The molecule has 2 rings (SSSR count). The minimum atomic E-state index is -0.600. The largest absolute Gasteiger partial charge is 0.465 e. The smallest absolute Gasteiger partial charge is 0.336 e. The second-order valence-corrected chi connectivity index (χ2v) is 6.17. The summed E-state index contributed by atoms with van der Waals surface area (Å²) < 4.78 is 10.4. The van der Waals surface area contributed by atoms with E-state index < -0.39 is 17.8 Å². The molecular weight excluding hydrogens is 314 g/mol. The Morgan fingerprint density at radius 1 is 1.22 bits per heavy atom. The van der Waals surface area contributed by atoms with E-state index >= 15 is 0 Å². The van der Waals surface area contributed by atoms with Gasteiger partial charge in [-0.05, 0) is 39.1 Å². The lowest BCUT2D eigenvalue weighted by Crippen LogP contribution is -2.36. The van der Waals surface area contributed by atoms with Crippen molar-refractivity contribution in [1.29, 1.82) is 0 Å². The van der Waals surface area contributed by atoms with Crippen molar-refractivity contribution in [2.45, 2.75) is 33.6 Å². The predicted molar refractivity (Wildman–Crippen MR) is 89.6 cm³/mol. The van der Waals surface area contributed by atoms with Crippen molar-refractivity contribution >= 4 is 29.0 Å². The molecule has 0 fully saturated rings. The standard InChI is InChI=1S/C17H21NO4S/c1-5-21-16(19)13-10(3)18-11(4)14(17(20)22-6-2)15(13)12-8-7-9-23-12/h7-9,13,15H,5-6H2,1-4H3/t13-,15-/m0/s1. The van der Waals surface area contributed by atoms with E-state index in [1.807, 2.05) is 17.5 Å². The van der Waals surface area contributed by atoms with Gasteiger partial charge in [0.2, 0.25) is 0 Å². The van der Waals surface area contributed by atoms with E-state index in [0.29, 0.717) is 17.0 Å². The molecule has 0 unspecified atom stereocenters. The summed E-state index contributed by atoms with van der Waals surface area (Å²) in [4.78, 5) is 30.3. The van der Waals surface area contributed by atoms with Gasteiger partial charge in [-0.1, -0.05) is 6.07 Å². The minimum absolute atomic E-state index is 0.277. The van der Waals surface area contributed by atoms with E-state index in [1.165, 1.54) is 11.3 Å². The van der Waals surface area contributed by atoms with Gasteiger partial charge in [-0.3, -0.25) is 9.79 Å². The Hall–Kier alpha value is -1.95. The van der Waals surface area contributed by atoms with Crippen LogP contribution < -0.4 is 0 Å². The Labute approximate surface area is 140 Å². The fourth-order valence-corrected chi connectivity index (χ4v) is 3.70. The third kappa shape index (κ3) is 3.52. The fraction of sp³-hybridized carbons (Fsp3) is 0.471. The number of ether oxygens (including phenoxy) is 2. The van der Waals surface area contributed by atoms with Gasteiger partial charge in [0.05, 0.1) is 18.8 Å². The van der Waals surface area contributed by atoms with Crippen LogP contribution in [0, 0.1) is 5.92 Å². The van der Waals surface area contributed by atoms with E-state index in [2.05, 4.69) is 4.99 Å². The zero-order valence-corrected chi connectivity index (χ0v) is 14.6. The second kappa shape index (κ2) is 7.55. The minimum Gasteiger partial charge on any atom is -0.465 e. The van der Waals surface area contributed by atoms with Crippen LogP contribution in [0.25, 0.3) is 0 Å². The van der Waals surface area contributed by atoms with Crippen LogP contribution in [0.2, 0.25) is 0 Å². The van der Waals surface area contributed by atoms with Crippen LogP contribution in [0.15, 0.2) is 33.8 Å². The maximum atomic E-state index is 12.5. The summed E-state index contributed by atoms with van der Waals surface area (Å²) >= 11 is 1.51. The summed E-state index contributed by atoms with van der Waals surface area (Å²) in [6, 6.07) is 3.83. The van der Waals surface area contributed by atoms with E-state index in [4.69, 9.17) is 9.47 Å². The molecule has 1 aromatic heterocycles. The summed E-state index contributed by atoms with van der Waals surface area (Å²) in [5.41, 5.74) is 1.70. The lowest BCUT2D eigenvalue weighted by Gasteiger charge is -2.30. The molecule has 0 saturated carbocycles. The second-order valence-electron chi connectivity index (χ2n) is 5.20.